The number of benzene rings is 1. The lowest BCUT2D eigenvalue weighted by Gasteiger charge is -2.15. The number of carbonyl (C=O) groups is 1. The Morgan fingerprint density at radius 2 is 2.12 bits per heavy atom. The zero-order valence-corrected chi connectivity index (χ0v) is 9.20. The van der Waals surface area contributed by atoms with Gasteiger partial charge in [0, 0.05) is 5.69 Å². The first-order valence-electron chi connectivity index (χ1n) is 4.92. The van der Waals surface area contributed by atoms with Gasteiger partial charge in [0.25, 0.3) is 5.92 Å². The number of anilines is 1. The normalized spacial score (nSPS) is 11.3. The molecule has 3 N–H and O–H groups in total. The second-order valence-electron chi connectivity index (χ2n) is 3.70. The van der Waals surface area contributed by atoms with Crippen LogP contribution in [0.25, 0.3) is 0 Å². The molecule has 0 aromatic heterocycles. The van der Waals surface area contributed by atoms with E-state index in [2.05, 4.69) is 5.32 Å². The van der Waals surface area contributed by atoms with Crippen molar-refractivity contribution >= 4 is 11.7 Å². The molecule has 1 aromatic rings. The molecule has 0 aliphatic carbocycles. The fourth-order valence-electron chi connectivity index (χ4n) is 1.30. The van der Waals surface area contributed by atoms with Crippen LogP contribution in [-0.2, 0) is 0 Å². The summed E-state index contributed by atoms with van der Waals surface area (Å²) in [7, 11) is 0. The predicted octanol–water partition coefficient (Wildman–Crippen LogP) is 1.73. The molecule has 0 unspecified atom stereocenters. The number of aliphatic hydroxyl groups is 1. The minimum absolute atomic E-state index is 0.129. The molecule has 4 nitrogen and oxygen atoms in total. The number of nitrogens with one attached hydrogen (secondary N) is 1. The minimum atomic E-state index is -3.20. The molecule has 6 heteroatoms. The molecule has 0 spiro atoms. The van der Waals surface area contributed by atoms with E-state index in [1.165, 1.54) is 18.2 Å². The van der Waals surface area contributed by atoms with Crippen molar-refractivity contribution < 1.29 is 23.8 Å². The van der Waals surface area contributed by atoms with Crippen LogP contribution < -0.4 is 5.32 Å². The summed E-state index contributed by atoms with van der Waals surface area (Å²) < 4.78 is 25.5. The van der Waals surface area contributed by atoms with Gasteiger partial charge in [-0.25, -0.2) is 13.6 Å². The lowest BCUT2D eigenvalue weighted by Crippen LogP contribution is -2.31. The second kappa shape index (κ2) is 5.09. The van der Waals surface area contributed by atoms with Gasteiger partial charge in [-0.05, 0) is 30.7 Å². The number of hydrogen-bond donors (Lipinski definition) is 3. The summed E-state index contributed by atoms with van der Waals surface area (Å²) in [5, 5.41) is 19.6. The molecule has 94 valence electrons. The van der Waals surface area contributed by atoms with E-state index >= 15 is 0 Å². The number of aliphatic hydroxyl groups excluding tert-OH is 1. The third kappa shape index (κ3) is 3.67. The van der Waals surface area contributed by atoms with Gasteiger partial charge in [0.2, 0.25) is 0 Å². The van der Waals surface area contributed by atoms with E-state index in [0.29, 0.717) is 11.3 Å². The molecule has 17 heavy (non-hydrogen) atoms. The largest absolute Gasteiger partial charge is 0.478 e. The fraction of sp³-hybridized carbons (Fsp3) is 0.364. The highest BCUT2D eigenvalue weighted by Gasteiger charge is 2.27. The number of carboxylic acids is 1. The SMILES string of the molecule is Cc1cc(NCC(F)(F)CO)ccc1C(=O)O. The summed E-state index contributed by atoms with van der Waals surface area (Å²) in [4.78, 5) is 10.7. The molecule has 0 aliphatic heterocycles. The van der Waals surface area contributed by atoms with Gasteiger partial charge < -0.3 is 15.5 Å². The Labute approximate surface area is 96.9 Å². The highest BCUT2D eigenvalue weighted by Crippen LogP contribution is 2.18. The van der Waals surface area contributed by atoms with E-state index in [-0.39, 0.29) is 5.56 Å². The lowest BCUT2D eigenvalue weighted by atomic mass is 10.1. The molecule has 0 radical (unpaired) electrons. The van der Waals surface area contributed by atoms with Crippen molar-refractivity contribution in [1.29, 1.82) is 0 Å². The van der Waals surface area contributed by atoms with Crippen molar-refractivity contribution in [2.45, 2.75) is 12.8 Å². The Morgan fingerprint density at radius 1 is 1.47 bits per heavy atom. The van der Waals surface area contributed by atoms with Gasteiger partial charge in [0.15, 0.2) is 0 Å². The Bertz CT molecular complexity index is 421. The smallest absolute Gasteiger partial charge is 0.335 e. The Balaban J connectivity index is 2.75. The van der Waals surface area contributed by atoms with Crippen LogP contribution in [0.1, 0.15) is 15.9 Å². The summed E-state index contributed by atoms with van der Waals surface area (Å²) in [6.45, 7) is -0.347. The van der Waals surface area contributed by atoms with Gasteiger partial charge in [-0.15, -0.1) is 0 Å². The van der Waals surface area contributed by atoms with Crippen LogP contribution >= 0.6 is 0 Å². The van der Waals surface area contributed by atoms with Crippen molar-refractivity contribution in [1.82, 2.24) is 0 Å². The summed E-state index contributed by atoms with van der Waals surface area (Å²) >= 11 is 0. The van der Waals surface area contributed by atoms with E-state index in [1.54, 1.807) is 6.92 Å². The average molecular weight is 245 g/mol. The third-order valence-electron chi connectivity index (χ3n) is 2.24. The van der Waals surface area contributed by atoms with Gasteiger partial charge in [-0.1, -0.05) is 0 Å². The molecule has 0 fully saturated rings. The summed E-state index contributed by atoms with van der Waals surface area (Å²) in [5.74, 6) is -4.26. The summed E-state index contributed by atoms with van der Waals surface area (Å²) in [6, 6.07) is 4.22. The van der Waals surface area contributed by atoms with Crippen LogP contribution in [0, 0.1) is 6.92 Å². The van der Waals surface area contributed by atoms with Crippen LogP contribution in [0.15, 0.2) is 18.2 Å². The van der Waals surface area contributed by atoms with Crippen molar-refractivity contribution in [3.8, 4) is 0 Å². The minimum Gasteiger partial charge on any atom is -0.478 e. The Morgan fingerprint density at radius 3 is 2.59 bits per heavy atom. The quantitative estimate of drug-likeness (QED) is 0.739. The van der Waals surface area contributed by atoms with Crippen LogP contribution in [0.3, 0.4) is 0 Å². The van der Waals surface area contributed by atoms with Crippen LogP contribution in [0.5, 0.6) is 0 Å². The number of carboxylic acid groups (broad SMARTS) is 1. The highest BCUT2D eigenvalue weighted by atomic mass is 19.3. The monoisotopic (exact) mass is 245 g/mol. The lowest BCUT2D eigenvalue weighted by molar-refractivity contribution is -0.0372. The maximum atomic E-state index is 12.7. The Hall–Kier alpha value is -1.69. The molecular formula is C11H13F2NO3. The Kier molecular flexibility index (Phi) is 4.01. The van der Waals surface area contributed by atoms with Crippen LogP contribution in [0.4, 0.5) is 14.5 Å². The van der Waals surface area contributed by atoms with Crippen molar-refractivity contribution in [3.05, 3.63) is 29.3 Å². The number of aromatic carboxylic acids is 1. The predicted molar refractivity (Wildman–Crippen MR) is 58.7 cm³/mol. The van der Waals surface area contributed by atoms with E-state index in [9.17, 15) is 13.6 Å². The first-order chi connectivity index (χ1) is 7.85. The third-order valence-corrected chi connectivity index (χ3v) is 2.24. The van der Waals surface area contributed by atoms with Gasteiger partial charge in [0.1, 0.15) is 6.61 Å². The van der Waals surface area contributed by atoms with E-state index in [4.69, 9.17) is 10.2 Å². The number of hydrogen-bond acceptors (Lipinski definition) is 3. The molecule has 0 bridgehead atoms. The topological polar surface area (TPSA) is 69.6 Å². The maximum Gasteiger partial charge on any atom is 0.335 e. The second-order valence-corrected chi connectivity index (χ2v) is 3.70. The van der Waals surface area contributed by atoms with E-state index in [1.807, 2.05) is 0 Å². The first-order valence-corrected chi connectivity index (χ1v) is 4.92. The van der Waals surface area contributed by atoms with Crippen LogP contribution in [-0.4, -0.2) is 35.3 Å². The highest BCUT2D eigenvalue weighted by molar-refractivity contribution is 5.89. The van der Waals surface area contributed by atoms with Crippen LogP contribution in [0.2, 0.25) is 0 Å². The van der Waals surface area contributed by atoms with Gasteiger partial charge in [-0.2, -0.15) is 0 Å². The van der Waals surface area contributed by atoms with Gasteiger partial charge >= 0.3 is 5.97 Å². The van der Waals surface area contributed by atoms with Crippen molar-refractivity contribution in [2.24, 2.45) is 0 Å². The van der Waals surface area contributed by atoms with E-state index < -0.39 is 25.0 Å². The summed E-state index contributed by atoms with van der Waals surface area (Å²) in [5.41, 5.74) is 1.000. The molecule has 0 atom stereocenters. The zero-order valence-electron chi connectivity index (χ0n) is 9.20. The number of rotatable bonds is 5. The van der Waals surface area contributed by atoms with Crippen molar-refractivity contribution in [2.75, 3.05) is 18.5 Å². The molecule has 1 aromatic carbocycles. The number of alkyl halides is 2. The molecule has 0 aliphatic rings. The number of halogens is 2. The molecule has 1 rings (SSSR count). The molecular weight excluding hydrogens is 232 g/mol. The van der Waals surface area contributed by atoms with Crippen molar-refractivity contribution in [3.63, 3.8) is 0 Å². The molecule has 0 saturated heterocycles. The fourth-order valence-corrected chi connectivity index (χ4v) is 1.30. The zero-order chi connectivity index (χ0) is 13.1. The van der Waals surface area contributed by atoms with E-state index in [0.717, 1.165) is 0 Å². The number of aryl methyl sites for hydroxylation is 1. The first kappa shape index (κ1) is 13.4. The standard InChI is InChI=1S/C11H13F2NO3/c1-7-4-8(2-3-9(7)10(16)17)14-5-11(12,13)6-15/h2-4,14-15H,5-6H2,1H3,(H,16,17). The average Bonchev–Trinajstić information content (AvgIpc) is 2.26. The van der Waals surface area contributed by atoms with Gasteiger partial charge in [-0.3, -0.25) is 0 Å². The molecule has 0 heterocycles. The summed E-state index contributed by atoms with van der Waals surface area (Å²) in [6.07, 6.45) is 0. The molecule has 0 amide bonds. The van der Waals surface area contributed by atoms with Gasteiger partial charge in [0.05, 0.1) is 12.1 Å². The maximum absolute atomic E-state index is 12.7. The molecule has 0 saturated carbocycles.